The monoisotopic (exact) mass is 350 g/mol. The Morgan fingerprint density at radius 2 is 1.92 bits per heavy atom. The fourth-order valence-electron chi connectivity index (χ4n) is 1.69. The molecule has 0 fully saturated rings. The van der Waals surface area contributed by atoms with Crippen LogP contribution in [0.15, 0.2) is 29.5 Å². The van der Waals surface area contributed by atoms with Crippen LogP contribution in [0.4, 0.5) is 10.5 Å². The van der Waals surface area contributed by atoms with Crippen LogP contribution < -0.4 is 21.3 Å². The third kappa shape index (κ3) is 9.80. The highest BCUT2D eigenvalue weighted by atomic mass is 16.6. The number of anilines is 1. The quantitative estimate of drug-likeness (QED) is 0.341. The van der Waals surface area contributed by atoms with Gasteiger partial charge >= 0.3 is 6.09 Å². The van der Waals surface area contributed by atoms with E-state index in [1.165, 1.54) is 0 Å². The Balaban J connectivity index is 2.22. The van der Waals surface area contributed by atoms with Gasteiger partial charge in [-0.1, -0.05) is 0 Å². The van der Waals surface area contributed by atoms with Crippen molar-refractivity contribution in [3.8, 4) is 0 Å². The third-order valence-corrected chi connectivity index (χ3v) is 2.67. The van der Waals surface area contributed by atoms with Gasteiger partial charge < -0.3 is 26.0 Å². The minimum absolute atomic E-state index is 0.0497. The maximum absolute atomic E-state index is 11.8. The fraction of sp³-hybridized carbons (Fsp3) is 0.500. The van der Waals surface area contributed by atoms with Gasteiger partial charge in [-0.15, -0.1) is 0 Å². The highest BCUT2D eigenvalue weighted by Gasteiger charge is 2.15. The second-order valence-electron chi connectivity index (χ2n) is 6.07. The number of carbonyl (C=O) groups excluding carboxylic acids is 2. The molecule has 0 saturated carbocycles. The summed E-state index contributed by atoms with van der Waals surface area (Å²) >= 11 is 0. The van der Waals surface area contributed by atoms with Gasteiger partial charge in [0.05, 0.1) is 18.4 Å². The lowest BCUT2D eigenvalue weighted by molar-refractivity contribution is -0.115. The van der Waals surface area contributed by atoms with Gasteiger partial charge in [-0.3, -0.25) is 14.8 Å². The second kappa shape index (κ2) is 10.1. The first-order valence-electron chi connectivity index (χ1n) is 7.91. The average molecular weight is 350 g/mol. The Hall–Kier alpha value is -2.84. The molecule has 0 saturated heterocycles. The molecule has 9 heteroatoms. The maximum Gasteiger partial charge on any atom is 0.407 e. The fourth-order valence-corrected chi connectivity index (χ4v) is 1.69. The van der Waals surface area contributed by atoms with Crippen molar-refractivity contribution in [3.63, 3.8) is 0 Å². The van der Waals surface area contributed by atoms with Gasteiger partial charge in [-0.05, 0) is 32.9 Å². The number of nitrogens with one attached hydrogen (secondary N) is 4. The zero-order valence-electron chi connectivity index (χ0n) is 15.0. The summed E-state index contributed by atoms with van der Waals surface area (Å²) in [6.07, 6.45) is 2.71. The van der Waals surface area contributed by atoms with Gasteiger partial charge in [-0.2, -0.15) is 0 Å². The number of ether oxygens (including phenoxy) is 1. The third-order valence-electron chi connectivity index (χ3n) is 2.67. The van der Waals surface area contributed by atoms with Gasteiger partial charge in [-0.25, -0.2) is 4.79 Å². The van der Waals surface area contributed by atoms with E-state index in [-0.39, 0.29) is 12.5 Å². The van der Waals surface area contributed by atoms with Gasteiger partial charge in [0.25, 0.3) is 0 Å². The van der Waals surface area contributed by atoms with Crippen LogP contribution in [-0.2, 0) is 9.53 Å². The topological polar surface area (TPSA) is 117 Å². The van der Waals surface area contributed by atoms with Crippen LogP contribution in [0.2, 0.25) is 0 Å². The number of aromatic nitrogens is 1. The summed E-state index contributed by atoms with van der Waals surface area (Å²) in [6.45, 7) is 6.24. The molecular formula is C16H26N6O3. The molecular weight excluding hydrogens is 324 g/mol. The highest BCUT2D eigenvalue weighted by Crippen LogP contribution is 2.06. The maximum atomic E-state index is 11.8. The van der Waals surface area contributed by atoms with E-state index in [0.717, 1.165) is 0 Å². The Morgan fingerprint density at radius 1 is 1.20 bits per heavy atom. The van der Waals surface area contributed by atoms with E-state index < -0.39 is 11.7 Å². The molecule has 2 amide bonds. The van der Waals surface area contributed by atoms with Crippen LogP contribution in [0.5, 0.6) is 0 Å². The van der Waals surface area contributed by atoms with Gasteiger partial charge in [0.15, 0.2) is 5.96 Å². The van der Waals surface area contributed by atoms with E-state index >= 15 is 0 Å². The minimum Gasteiger partial charge on any atom is -0.444 e. The molecule has 0 aliphatic carbocycles. The molecule has 9 nitrogen and oxygen atoms in total. The number of hydrogen-bond donors (Lipinski definition) is 4. The first-order chi connectivity index (χ1) is 11.8. The molecule has 1 aromatic heterocycles. The van der Waals surface area contributed by atoms with Gasteiger partial charge in [0, 0.05) is 26.3 Å². The van der Waals surface area contributed by atoms with Gasteiger partial charge in [0.2, 0.25) is 5.91 Å². The lowest BCUT2D eigenvalue weighted by Crippen LogP contribution is -2.44. The van der Waals surface area contributed by atoms with E-state index in [1.54, 1.807) is 52.3 Å². The van der Waals surface area contributed by atoms with Crippen molar-refractivity contribution < 1.29 is 14.3 Å². The smallest absolute Gasteiger partial charge is 0.407 e. The van der Waals surface area contributed by atoms with Crippen LogP contribution in [0.3, 0.4) is 0 Å². The van der Waals surface area contributed by atoms with Crippen molar-refractivity contribution in [1.82, 2.24) is 20.9 Å². The number of carbonyl (C=O) groups is 2. The zero-order valence-corrected chi connectivity index (χ0v) is 15.0. The largest absolute Gasteiger partial charge is 0.444 e. The predicted molar refractivity (Wildman–Crippen MR) is 96.5 cm³/mol. The summed E-state index contributed by atoms with van der Waals surface area (Å²) in [7, 11) is 1.59. The number of hydrogen-bond acceptors (Lipinski definition) is 5. The molecule has 0 atom stereocenters. The van der Waals surface area contributed by atoms with E-state index in [1.807, 2.05) is 0 Å². The molecule has 1 rings (SSSR count). The highest BCUT2D eigenvalue weighted by molar-refractivity contribution is 5.94. The van der Waals surface area contributed by atoms with Crippen LogP contribution in [-0.4, -0.2) is 55.2 Å². The van der Waals surface area contributed by atoms with Crippen LogP contribution in [0.25, 0.3) is 0 Å². The molecule has 25 heavy (non-hydrogen) atoms. The van der Waals surface area contributed by atoms with Crippen molar-refractivity contribution >= 4 is 23.6 Å². The number of aliphatic imine (C=N–C) groups is 1. The van der Waals surface area contributed by atoms with E-state index in [9.17, 15) is 9.59 Å². The predicted octanol–water partition coefficient (Wildman–Crippen LogP) is 0.710. The number of guanidine groups is 1. The summed E-state index contributed by atoms with van der Waals surface area (Å²) in [6, 6.07) is 3.49. The number of nitrogens with zero attached hydrogens (tertiary/aromatic N) is 2. The van der Waals surface area contributed by atoms with Crippen molar-refractivity contribution in [2.24, 2.45) is 4.99 Å². The van der Waals surface area contributed by atoms with Crippen LogP contribution in [0.1, 0.15) is 20.8 Å². The Morgan fingerprint density at radius 3 is 2.52 bits per heavy atom. The molecule has 1 heterocycles. The average Bonchev–Trinajstić information content (AvgIpc) is 2.53. The van der Waals surface area contributed by atoms with Gasteiger partial charge in [0.1, 0.15) is 5.60 Å². The van der Waals surface area contributed by atoms with Crippen LogP contribution in [0, 0.1) is 0 Å². The molecule has 0 bridgehead atoms. The number of rotatable bonds is 6. The lowest BCUT2D eigenvalue weighted by atomic mass is 10.2. The SMILES string of the molecule is CN=C(NCCNC(=O)OC(C)(C)C)NCC(=O)Nc1cccnc1. The Bertz CT molecular complexity index is 583. The summed E-state index contributed by atoms with van der Waals surface area (Å²) in [5.41, 5.74) is 0.0929. The summed E-state index contributed by atoms with van der Waals surface area (Å²) < 4.78 is 5.12. The standard InChI is InChI=1S/C16H26N6O3/c1-16(2,3)25-15(24)20-9-8-19-14(17-4)21-11-13(23)22-12-6-5-7-18-10-12/h5-7,10H,8-9,11H2,1-4H3,(H,20,24)(H,22,23)(H2,17,19,21). The molecule has 0 aliphatic heterocycles. The Labute approximate surface area is 147 Å². The lowest BCUT2D eigenvalue weighted by Gasteiger charge is -2.19. The van der Waals surface area contributed by atoms with Crippen molar-refractivity contribution in [2.75, 3.05) is 32.0 Å². The molecule has 0 radical (unpaired) electrons. The second-order valence-corrected chi connectivity index (χ2v) is 6.07. The van der Waals surface area contributed by atoms with Crippen molar-refractivity contribution in [2.45, 2.75) is 26.4 Å². The van der Waals surface area contributed by atoms with Crippen LogP contribution >= 0.6 is 0 Å². The molecule has 4 N–H and O–H groups in total. The molecule has 0 aromatic carbocycles. The van der Waals surface area contributed by atoms with E-state index in [4.69, 9.17) is 4.74 Å². The molecule has 138 valence electrons. The van der Waals surface area contributed by atoms with E-state index in [0.29, 0.717) is 24.7 Å². The normalized spacial score (nSPS) is 11.4. The first kappa shape index (κ1) is 20.2. The summed E-state index contributed by atoms with van der Waals surface area (Å²) in [5.74, 6) is 0.232. The summed E-state index contributed by atoms with van der Waals surface area (Å²) in [4.78, 5) is 31.2. The molecule has 0 unspecified atom stereocenters. The number of alkyl carbamates (subject to hydrolysis) is 1. The van der Waals surface area contributed by atoms with Crippen molar-refractivity contribution in [1.29, 1.82) is 0 Å². The minimum atomic E-state index is -0.531. The molecule has 0 aliphatic rings. The number of pyridine rings is 1. The molecule has 1 aromatic rings. The van der Waals surface area contributed by atoms with Crippen molar-refractivity contribution in [3.05, 3.63) is 24.5 Å². The first-order valence-corrected chi connectivity index (χ1v) is 7.91. The number of amides is 2. The zero-order chi connectivity index (χ0) is 18.7. The molecule has 0 spiro atoms. The summed E-state index contributed by atoms with van der Waals surface area (Å²) in [5, 5.41) is 11.2. The Kier molecular flexibility index (Phi) is 8.17. The van der Waals surface area contributed by atoms with E-state index in [2.05, 4.69) is 31.2 Å².